The number of hydrogen-bond donors (Lipinski definition) is 1. The topological polar surface area (TPSA) is 85.2 Å². The molecule has 2 aromatic rings. The summed E-state index contributed by atoms with van der Waals surface area (Å²) in [4.78, 5) is 19.0. The number of aromatic nitrogens is 2. The molecule has 1 aliphatic heterocycles. The van der Waals surface area contributed by atoms with Gasteiger partial charge in [0.2, 0.25) is 17.6 Å². The van der Waals surface area contributed by atoms with Gasteiger partial charge in [-0.2, -0.15) is 4.98 Å². The van der Waals surface area contributed by atoms with Crippen LogP contribution in [-0.2, 0) is 11.2 Å². The molecule has 1 amide bonds. The van der Waals surface area contributed by atoms with Crippen molar-refractivity contribution >= 4 is 18.3 Å². The van der Waals surface area contributed by atoms with Gasteiger partial charge in [0.1, 0.15) is 0 Å². The summed E-state index contributed by atoms with van der Waals surface area (Å²) in [6.45, 7) is 7.10. The number of amides is 1. The number of piperidine rings is 1. The number of aryl methyl sites for hydroxylation is 1. The molecule has 0 saturated carbocycles. The molecule has 0 bridgehead atoms. The Balaban J connectivity index is 0.00000280. The first-order valence-corrected chi connectivity index (χ1v) is 9.93. The number of halogens is 1. The van der Waals surface area contributed by atoms with Gasteiger partial charge in [-0.15, -0.1) is 12.4 Å². The van der Waals surface area contributed by atoms with Crippen LogP contribution >= 0.6 is 12.4 Å². The summed E-state index contributed by atoms with van der Waals surface area (Å²) in [5.41, 5.74) is 8.27. The minimum Gasteiger partial charge on any atom is -0.339 e. The lowest BCUT2D eigenvalue weighted by Crippen LogP contribution is -2.51. The molecule has 0 spiro atoms. The van der Waals surface area contributed by atoms with Gasteiger partial charge in [0.05, 0.1) is 0 Å². The van der Waals surface area contributed by atoms with Gasteiger partial charge in [0.15, 0.2) is 0 Å². The average Bonchev–Trinajstić information content (AvgIpc) is 3.15. The Hall–Kier alpha value is -1.92. The highest BCUT2D eigenvalue weighted by atomic mass is 35.5. The number of hydrogen-bond acceptors (Lipinski definition) is 5. The zero-order chi connectivity index (χ0) is 19.4. The van der Waals surface area contributed by atoms with Crippen molar-refractivity contribution in [3.63, 3.8) is 0 Å². The Kier molecular flexibility index (Phi) is 8.01. The fourth-order valence-electron chi connectivity index (χ4n) is 3.66. The van der Waals surface area contributed by atoms with Gasteiger partial charge in [-0.05, 0) is 37.7 Å². The standard InChI is InChI=1S/C21H30N4O2.ClH/c1-14(2)16-7-9-17(10-8-16)21-23-19(27-24-21)11-12-20(26)25-13-5-4-6-18(25)15(3)22;/h7-10,14-15,18H,4-6,11-13,22H2,1-3H3;1H. The van der Waals surface area contributed by atoms with Gasteiger partial charge in [0.25, 0.3) is 0 Å². The van der Waals surface area contributed by atoms with E-state index in [2.05, 4.69) is 36.1 Å². The minimum absolute atomic E-state index is 0. The number of carbonyl (C=O) groups excluding carboxylic acids is 1. The van der Waals surface area contributed by atoms with Crippen LogP contribution in [0.3, 0.4) is 0 Å². The normalized spacial score (nSPS) is 18.0. The summed E-state index contributed by atoms with van der Waals surface area (Å²) in [6.07, 6.45) is 4.00. The van der Waals surface area contributed by atoms with E-state index in [0.717, 1.165) is 31.4 Å². The van der Waals surface area contributed by atoms with Crippen LogP contribution in [-0.4, -0.2) is 39.6 Å². The highest BCUT2D eigenvalue weighted by Gasteiger charge is 2.29. The zero-order valence-corrected chi connectivity index (χ0v) is 17.7. The molecule has 0 aliphatic carbocycles. The monoisotopic (exact) mass is 406 g/mol. The molecule has 2 atom stereocenters. The molecule has 28 heavy (non-hydrogen) atoms. The third-order valence-corrected chi connectivity index (χ3v) is 5.33. The summed E-state index contributed by atoms with van der Waals surface area (Å²) in [6, 6.07) is 8.34. The van der Waals surface area contributed by atoms with Crippen molar-refractivity contribution in [2.24, 2.45) is 5.73 Å². The number of carbonyl (C=O) groups is 1. The molecule has 2 N–H and O–H groups in total. The van der Waals surface area contributed by atoms with E-state index in [1.54, 1.807) is 0 Å². The molecule has 6 nitrogen and oxygen atoms in total. The quantitative estimate of drug-likeness (QED) is 0.785. The second-order valence-electron chi connectivity index (χ2n) is 7.80. The Bertz CT molecular complexity index is 758. The fraction of sp³-hybridized carbons (Fsp3) is 0.571. The second kappa shape index (κ2) is 10.0. The summed E-state index contributed by atoms with van der Waals surface area (Å²) in [5.74, 6) is 1.68. The Morgan fingerprint density at radius 3 is 2.61 bits per heavy atom. The van der Waals surface area contributed by atoms with Crippen molar-refractivity contribution in [2.75, 3.05) is 6.54 Å². The van der Waals surface area contributed by atoms with Crippen LogP contribution in [0, 0.1) is 0 Å². The molecule has 0 radical (unpaired) electrons. The van der Waals surface area contributed by atoms with E-state index in [1.807, 2.05) is 24.0 Å². The van der Waals surface area contributed by atoms with E-state index in [9.17, 15) is 4.79 Å². The molecule has 154 valence electrons. The second-order valence-corrected chi connectivity index (χ2v) is 7.80. The summed E-state index contributed by atoms with van der Waals surface area (Å²) < 4.78 is 5.35. The van der Waals surface area contributed by atoms with Gasteiger partial charge in [-0.25, -0.2) is 0 Å². The lowest BCUT2D eigenvalue weighted by molar-refractivity contribution is -0.135. The molecule has 7 heteroatoms. The van der Waals surface area contributed by atoms with E-state index in [1.165, 1.54) is 5.56 Å². The predicted octanol–water partition coefficient (Wildman–Crippen LogP) is 3.94. The van der Waals surface area contributed by atoms with E-state index in [-0.39, 0.29) is 30.4 Å². The number of nitrogens with zero attached hydrogens (tertiary/aromatic N) is 3. The maximum Gasteiger partial charge on any atom is 0.227 e. The van der Waals surface area contributed by atoms with Gasteiger partial charge in [0, 0.05) is 37.0 Å². The van der Waals surface area contributed by atoms with E-state index in [4.69, 9.17) is 10.3 Å². The Morgan fingerprint density at radius 2 is 1.96 bits per heavy atom. The van der Waals surface area contributed by atoms with Crippen LogP contribution in [0.15, 0.2) is 28.8 Å². The highest BCUT2D eigenvalue weighted by molar-refractivity contribution is 5.85. The van der Waals surface area contributed by atoms with Gasteiger partial charge in [-0.3, -0.25) is 4.79 Å². The lowest BCUT2D eigenvalue weighted by Gasteiger charge is -2.38. The molecular weight excluding hydrogens is 376 g/mol. The average molecular weight is 407 g/mol. The molecular formula is C21H31ClN4O2. The van der Waals surface area contributed by atoms with Crippen LogP contribution < -0.4 is 5.73 Å². The SMILES string of the molecule is CC(C)c1ccc(-c2noc(CCC(=O)N3CCCCC3C(C)N)n2)cc1.Cl. The number of likely N-dealkylation sites (tertiary alicyclic amines) is 1. The molecule has 3 rings (SSSR count). The van der Waals surface area contributed by atoms with Gasteiger partial charge >= 0.3 is 0 Å². The summed E-state index contributed by atoms with van der Waals surface area (Å²) in [5, 5.41) is 4.06. The fourth-order valence-corrected chi connectivity index (χ4v) is 3.66. The van der Waals surface area contributed by atoms with E-state index < -0.39 is 0 Å². The van der Waals surface area contributed by atoms with Crippen molar-refractivity contribution in [3.05, 3.63) is 35.7 Å². The third-order valence-electron chi connectivity index (χ3n) is 5.33. The van der Waals surface area contributed by atoms with Crippen molar-refractivity contribution in [2.45, 2.75) is 70.9 Å². The van der Waals surface area contributed by atoms with Crippen LogP contribution in [0.1, 0.15) is 63.8 Å². The predicted molar refractivity (Wildman–Crippen MR) is 112 cm³/mol. The van der Waals surface area contributed by atoms with Crippen molar-refractivity contribution in [3.8, 4) is 11.4 Å². The van der Waals surface area contributed by atoms with Crippen molar-refractivity contribution in [1.29, 1.82) is 0 Å². The maximum atomic E-state index is 12.6. The first kappa shape index (κ1) is 22.4. The van der Waals surface area contributed by atoms with Crippen molar-refractivity contribution < 1.29 is 9.32 Å². The smallest absolute Gasteiger partial charge is 0.227 e. The molecule has 1 fully saturated rings. The maximum absolute atomic E-state index is 12.6. The Morgan fingerprint density at radius 1 is 1.25 bits per heavy atom. The largest absolute Gasteiger partial charge is 0.339 e. The minimum atomic E-state index is -0.00179. The summed E-state index contributed by atoms with van der Waals surface area (Å²) >= 11 is 0. The molecule has 1 aromatic carbocycles. The number of benzene rings is 1. The van der Waals surface area contributed by atoms with Crippen LogP contribution in [0.2, 0.25) is 0 Å². The lowest BCUT2D eigenvalue weighted by atomic mass is 9.96. The van der Waals surface area contributed by atoms with Crippen LogP contribution in [0.5, 0.6) is 0 Å². The molecule has 1 saturated heterocycles. The number of rotatable bonds is 6. The third kappa shape index (κ3) is 5.32. The molecule has 2 heterocycles. The molecule has 1 aromatic heterocycles. The van der Waals surface area contributed by atoms with Crippen LogP contribution in [0.25, 0.3) is 11.4 Å². The van der Waals surface area contributed by atoms with Gasteiger partial charge < -0.3 is 15.2 Å². The van der Waals surface area contributed by atoms with Gasteiger partial charge in [-0.1, -0.05) is 43.3 Å². The first-order valence-electron chi connectivity index (χ1n) is 9.93. The number of nitrogens with two attached hydrogens (primary N) is 1. The van der Waals surface area contributed by atoms with Crippen molar-refractivity contribution in [1.82, 2.24) is 15.0 Å². The molecule has 2 unspecified atom stereocenters. The summed E-state index contributed by atoms with van der Waals surface area (Å²) in [7, 11) is 0. The molecule has 1 aliphatic rings. The van der Waals surface area contributed by atoms with E-state index >= 15 is 0 Å². The van der Waals surface area contributed by atoms with E-state index in [0.29, 0.717) is 30.5 Å². The highest BCUT2D eigenvalue weighted by Crippen LogP contribution is 2.22. The van der Waals surface area contributed by atoms with Crippen LogP contribution in [0.4, 0.5) is 0 Å². The Labute approximate surface area is 173 Å². The first-order chi connectivity index (χ1) is 13.0. The zero-order valence-electron chi connectivity index (χ0n) is 16.9.